The number of rotatable bonds is 2. The zero-order chi connectivity index (χ0) is 12.5. The lowest BCUT2D eigenvalue weighted by Crippen LogP contribution is -1.95. The minimum Gasteiger partial charge on any atom is -0.435 e. The molecule has 0 fully saturated rings. The fourth-order valence-electron chi connectivity index (χ4n) is 1.62. The van der Waals surface area contributed by atoms with Crippen LogP contribution >= 0.6 is 22.6 Å². The standard InChI is InChI=1S/C12H9IN4O/c1-8-15-16-11-12(14-6-7-17(8)11)18-10-5-3-2-4-9(10)13/h2-7H,1H3. The molecule has 0 unspecified atom stereocenters. The number of para-hydroxylation sites is 1. The number of aromatic nitrogens is 4. The van der Waals surface area contributed by atoms with Gasteiger partial charge in [0.1, 0.15) is 11.6 Å². The van der Waals surface area contributed by atoms with E-state index in [4.69, 9.17) is 4.74 Å². The van der Waals surface area contributed by atoms with Crippen LogP contribution in [0.2, 0.25) is 0 Å². The molecule has 0 N–H and O–H groups in total. The first kappa shape index (κ1) is 11.4. The lowest BCUT2D eigenvalue weighted by Gasteiger charge is -2.06. The van der Waals surface area contributed by atoms with Crippen molar-refractivity contribution in [2.24, 2.45) is 0 Å². The van der Waals surface area contributed by atoms with Crippen molar-refractivity contribution >= 4 is 28.2 Å². The topological polar surface area (TPSA) is 52.3 Å². The van der Waals surface area contributed by atoms with E-state index < -0.39 is 0 Å². The van der Waals surface area contributed by atoms with Crippen LogP contribution in [0.25, 0.3) is 5.65 Å². The summed E-state index contributed by atoms with van der Waals surface area (Å²) in [5, 5.41) is 8.08. The Balaban J connectivity index is 2.08. The van der Waals surface area contributed by atoms with Crippen molar-refractivity contribution < 1.29 is 4.74 Å². The fourth-order valence-corrected chi connectivity index (χ4v) is 2.12. The van der Waals surface area contributed by atoms with E-state index in [2.05, 4.69) is 37.8 Å². The molecule has 0 aliphatic carbocycles. The summed E-state index contributed by atoms with van der Waals surface area (Å²) in [6, 6.07) is 7.76. The summed E-state index contributed by atoms with van der Waals surface area (Å²) in [5.41, 5.74) is 0.620. The molecule has 5 nitrogen and oxygen atoms in total. The van der Waals surface area contributed by atoms with Crippen LogP contribution < -0.4 is 4.74 Å². The van der Waals surface area contributed by atoms with Crippen LogP contribution in [0.3, 0.4) is 0 Å². The Morgan fingerprint density at radius 1 is 1.22 bits per heavy atom. The molecule has 1 aromatic carbocycles. The van der Waals surface area contributed by atoms with Crippen molar-refractivity contribution in [3.63, 3.8) is 0 Å². The van der Waals surface area contributed by atoms with E-state index in [0.717, 1.165) is 15.1 Å². The van der Waals surface area contributed by atoms with E-state index in [1.165, 1.54) is 0 Å². The maximum atomic E-state index is 5.79. The molecule has 0 bridgehead atoms. The highest BCUT2D eigenvalue weighted by Gasteiger charge is 2.10. The Kier molecular flexibility index (Phi) is 2.86. The predicted octanol–water partition coefficient (Wildman–Crippen LogP) is 2.83. The first-order valence-electron chi connectivity index (χ1n) is 5.34. The molecule has 3 aromatic rings. The highest BCUT2D eigenvalue weighted by molar-refractivity contribution is 14.1. The van der Waals surface area contributed by atoms with Gasteiger partial charge in [-0.3, -0.25) is 4.40 Å². The highest BCUT2D eigenvalue weighted by atomic mass is 127. The molecule has 0 amide bonds. The van der Waals surface area contributed by atoms with E-state index in [1.54, 1.807) is 6.20 Å². The van der Waals surface area contributed by atoms with Crippen LogP contribution in [0, 0.1) is 10.5 Å². The van der Waals surface area contributed by atoms with Crippen molar-refractivity contribution in [1.82, 2.24) is 19.6 Å². The van der Waals surface area contributed by atoms with E-state index in [-0.39, 0.29) is 0 Å². The molecule has 2 heterocycles. The third kappa shape index (κ3) is 1.92. The van der Waals surface area contributed by atoms with Crippen LogP contribution in [0.1, 0.15) is 5.82 Å². The van der Waals surface area contributed by atoms with Gasteiger partial charge in [-0.05, 0) is 41.6 Å². The van der Waals surface area contributed by atoms with Gasteiger partial charge in [0.05, 0.1) is 3.57 Å². The molecule has 0 radical (unpaired) electrons. The second-order valence-electron chi connectivity index (χ2n) is 3.71. The number of hydrogen-bond acceptors (Lipinski definition) is 4. The number of ether oxygens (including phenoxy) is 1. The summed E-state index contributed by atoms with van der Waals surface area (Å²) in [7, 11) is 0. The van der Waals surface area contributed by atoms with Crippen LogP contribution in [-0.2, 0) is 0 Å². The van der Waals surface area contributed by atoms with Gasteiger partial charge < -0.3 is 4.74 Å². The monoisotopic (exact) mass is 352 g/mol. The van der Waals surface area contributed by atoms with Gasteiger partial charge in [-0.25, -0.2) is 4.98 Å². The van der Waals surface area contributed by atoms with Gasteiger partial charge >= 0.3 is 0 Å². The average molecular weight is 352 g/mol. The molecule has 0 saturated heterocycles. The molecular weight excluding hydrogens is 343 g/mol. The Hall–Kier alpha value is -1.70. The Labute approximate surface area is 117 Å². The van der Waals surface area contributed by atoms with E-state index in [1.807, 2.05) is 41.8 Å². The third-order valence-electron chi connectivity index (χ3n) is 2.51. The predicted molar refractivity (Wildman–Crippen MR) is 74.8 cm³/mol. The van der Waals surface area contributed by atoms with Crippen molar-refractivity contribution in [3.05, 3.63) is 46.1 Å². The second-order valence-corrected chi connectivity index (χ2v) is 4.87. The zero-order valence-electron chi connectivity index (χ0n) is 9.54. The van der Waals surface area contributed by atoms with Gasteiger partial charge in [0.15, 0.2) is 0 Å². The van der Waals surface area contributed by atoms with Crippen LogP contribution in [-0.4, -0.2) is 19.6 Å². The van der Waals surface area contributed by atoms with Crippen molar-refractivity contribution in [2.75, 3.05) is 0 Å². The van der Waals surface area contributed by atoms with Crippen molar-refractivity contribution in [1.29, 1.82) is 0 Å². The quantitative estimate of drug-likeness (QED) is 0.666. The lowest BCUT2D eigenvalue weighted by atomic mass is 10.3. The molecule has 0 saturated carbocycles. The number of hydrogen-bond donors (Lipinski definition) is 0. The maximum absolute atomic E-state index is 5.79. The van der Waals surface area contributed by atoms with Gasteiger partial charge in [-0.1, -0.05) is 12.1 Å². The number of halogens is 1. The van der Waals surface area contributed by atoms with Crippen molar-refractivity contribution in [3.8, 4) is 11.6 Å². The molecule has 2 aromatic heterocycles. The molecule has 0 spiro atoms. The van der Waals surface area contributed by atoms with Crippen LogP contribution in [0.5, 0.6) is 11.6 Å². The summed E-state index contributed by atoms with van der Waals surface area (Å²) in [5.74, 6) is 2.03. The van der Waals surface area contributed by atoms with Gasteiger partial charge in [0.25, 0.3) is 5.88 Å². The largest absolute Gasteiger partial charge is 0.435 e. The summed E-state index contributed by atoms with van der Waals surface area (Å²) in [4.78, 5) is 4.21. The fraction of sp³-hybridized carbons (Fsp3) is 0.0833. The Bertz CT molecular complexity index is 710. The van der Waals surface area contributed by atoms with Gasteiger partial charge in [-0.2, -0.15) is 0 Å². The SMILES string of the molecule is Cc1nnc2c(Oc3ccccc3I)nccn12. The smallest absolute Gasteiger partial charge is 0.265 e. The summed E-state index contributed by atoms with van der Waals surface area (Å²) < 4.78 is 8.66. The third-order valence-corrected chi connectivity index (χ3v) is 3.40. The molecule has 3 rings (SSSR count). The first-order chi connectivity index (χ1) is 8.75. The summed E-state index contributed by atoms with van der Waals surface area (Å²) >= 11 is 2.22. The molecular formula is C12H9IN4O. The molecule has 90 valence electrons. The number of benzene rings is 1. The van der Waals surface area contributed by atoms with E-state index in [9.17, 15) is 0 Å². The van der Waals surface area contributed by atoms with Crippen LogP contribution in [0.4, 0.5) is 0 Å². The molecule has 6 heteroatoms. The van der Waals surface area contributed by atoms with Gasteiger partial charge in [0, 0.05) is 12.4 Å². The van der Waals surface area contributed by atoms with E-state index in [0.29, 0.717) is 11.5 Å². The minimum atomic E-state index is 0.460. The summed E-state index contributed by atoms with van der Waals surface area (Å²) in [6.45, 7) is 1.88. The number of nitrogens with zero attached hydrogens (tertiary/aromatic N) is 4. The first-order valence-corrected chi connectivity index (χ1v) is 6.42. The zero-order valence-corrected chi connectivity index (χ0v) is 11.7. The summed E-state index contributed by atoms with van der Waals surface area (Å²) in [6.07, 6.45) is 3.49. The molecule has 0 atom stereocenters. The number of fused-ring (bicyclic) bond motifs is 1. The number of aryl methyl sites for hydroxylation is 1. The van der Waals surface area contributed by atoms with Crippen LogP contribution in [0.15, 0.2) is 36.7 Å². The van der Waals surface area contributed by atoms with Gasteiger partial charge in [-0.15, -0.1) is 10.2 Å². The lowest BCUT2D eigenvalue weighted by molar-refractivity contribution is 0.461. The van der Waals surface area contributed by atoms with Crippen molar-refractivity contribution in [2.45, 2.75) is 6.92 Å². The maximum Gasteiger partial charge on any atom is 0.265 e. The molecule has 0 aliphatic rings. The van der Waals surface area contributed by atoms with Gasteiger partial charge in [0.2, 0.25) is 5.65 Å². The Morgan fingerprint density at radius 2 is 2.06 bits per heavy atom. The minimum absolute atomic E-state index is 0.460. The Morgan fingerprint density at radius 3 is 2.89 bits per heavy atom. The normalized spacial score (nSPS) is 10.8. The highest BCUT2D eigenvalue weighted by Crippen LogP contribution is 2.26. The second kappa shape index (κ2) is 4.52. The average Bonchev–Trinajstić information content (AvgIpc) is 2.76. The molecule has 0 aliphatic heterocycles. The molecule has 18 heavy (non-hydrogen) atoms. The van der Waals surface area contributed by atoms with E-state index >= 15 is 0 Å².